The summed E-state index contributed by atoms with van der Waals surface area (Å²) in [5, 5.41) is 2.82. The molecule has 0 aromatic heterocycles. The van der Waals surface area contributed by atoms with Crippen LogP contribution in [0.5, 0.6) is 5.75 Å². The fraction of sp³-hybridized carbons (Fsp3) is 0.391. The minimum atomic E-state index is -0.422. The van der Waals surface area contributed by atoms with E-state index in [0.29, 0.717) is 35.8 Å². The van der Waals surface area contributed by atoms with Crippen LogP contribution in [0.2, 0.25) is 0 Å². The summed E-state index contributed by atoms with van der Waals surface area (Å²) in [6.07, 6.45) is 0.780. The van der Waals surface area contributed by atoms with E-state index in [9.17, 15) is 9.59 Å². The van der Waals surface area contributed by atoms with E-state index in [1.165, 1.54) is 0 Å². The number of carbonyl (C=O) groups is 2. The molecule has 0 radical (unpaired) electrons. The fourth-order valence-electron chi connectivity index (χ4n) is 2.91. The van der Waals surface area contributed by atoms with E-state index in [4.69, 9.17) is 9.47 Å². The van der Waals surface area contributed by atoms with Crippen molar-refractivity contribution in [3.05, 3.63) is 59.7 Å². The minimum Gasteiger partial charge on any atom is -0.493 e. The maximum absolute atomic E-state index is 12.5. The van der Waals surface area contributed by atoms with E-state index >= 15 is 0 Å². The Hall–Kier alpha value is -2.86. The Morgan fingerprint density at radius 1 is 1.00 bits per heavy atom. The highest BCUT2D eigenvalue weighted by atomic mass is 16.5. The average Bonchev–Trinajstić information content (AvgIpc) is 2.75. The van der Waals surface area contributed by atoms with Crippen LogP contribution in [0.4, 0.5) is 5.69 Å². The minimum absolute atomic E-state index is 0.222. The topological polar surface area (TPSA) is 67.9 Å². The number of rotatable bonds is 11. The number of anilines is 1. The van der Waals surface area contributed by atoms with Gasteiger partial charge in [-0.05, 0) is 50.7 Å². The van der Waals surface area contributed by atoms with E-state index in [1.807, 2.05) is 13.0 Å². The van der Waals surface area contributed by atoms with Crippen LogP contribution in [0, 0.1) is 0 Å². The van der Waals surface area contributed by atoms with Crippen LogP contribution >= 0.6 is 0 Å². The van der Waals surface area contributed by atoms with Crippen LogP contribution in [0.1, 0.15) is 47.9 Å². The molecule has 0 aliphatic rings. The van der Waals surface area contributed by atoms with Crippen molar-refractivity contribution in [3.63, 3.8) is 0 Å². The summed E-state index contributed by atoms with van der Waals surface area (Å²) >= 11 is 0. The zero-order valence-corrected chi connectivity index (χ0v) is 17.4. The second kappa shape index (κ2) is 11.9. The lowest BCUT2D eigenvalue weighted by molar-refractivity contribution is 0.0485. The van der Waals surface area contributed by atoms with E-state index in [2.05, 4.69) is 24.1 Å². The smallest absolute Gasteiger partial charge is 0.341 e. The first-order valence-corrected chi connectivity index (χ1v) is 10.1. The monoisotopic (exact) mass is 398 g/mol. The molecule has 0 heterocycles. The van der Waals surface area contributed by atoms with Crippen molar-refractivity contribution < 1.29 is 19.1 Å². The van der Waals surface area contributed by atoms with Crippen molar-refractivity contribution in [3.8, 4) is 5.75 Å². The third-order valence-corrected chi connectivity index (χ3v) is 4.54. The lowest BCUT2D eigenvalue weighted by Crippen LogP contribution is -2.25. The number of nitrogens with one attached hydrogen (secondary N) is 1. The summed E-state index contributed by atoms with van der Waals surface area (Å²) in [6, 6.07) is 13.9. The molecule has 29 heavy (non-hydrogen) atoms. The zero-order valence-electron chi connectivity index (χ0n) is 17.4. The Kier molecular flexibility index (Phi) is 9.18. The lowest BCUT2D eigenvalue weighted by atomic mass is 10.1. The second-order valence-corrected chi connectivity index (χ2v) is 6.48. The summed E-state index contributed by atoms with van der Waals surface area (Å²) in [7, 11) is 0. The summed E-state index contributed by atoms with van der Waals surface area (Å²) in [6.45, 7) is 9.68. The molecule has 0 aliphatic carbocycles. The number of benzene rings is 2. The Bertz CT molecular complexity index is 789. The van der Waals surface area contributed by atoms with Gasteiger partial charge in [0.05, 0.1) is 13.2 Å². The molecule has 1 amide bonds. The van der Waals surface area contributed by atoms with Crippen LogP contribution in [0.15, 0.2) is 48.5 Å². The van der Waals surface area contributed by atoms with Gasteiger partial charge in [-0.15, -0.1) is 0 Å². The number of carbonyl (C=O) groups excluding carboxylic acids is 2. The molecule has 0 saturated carbocycles. The van der Waals surface area contributed by atoms with Crippen LogP contribution in [0.25, 0.3) is 0 Å². The van der Waals surface area contributed by atoms with Crippen molar-refractivity contribution in [2.24, 2.45) is 0 Å². The lowest BCUT2D eigenvalue weighted by Gasteiger charge is -2.17. The average molecular weight is 399 g/mol. The van der Waals surface area contributed by atoms with Gasteiger partial charge in [0.1, 0.15) is 11.3 Å². The number of esters is 1. The van der Waals surface area contributed by atoms with Crippen LogP contribution in [-0.4, -0.2) is 49.6 Å². The maximum atomic E-state index is 12.5. The molecule has 156 valence electrons. The molecular formula is C23H30N2O4. The molecule has 0 spiro atoms. The van der Waals surface area contributed by atoms with Crippen LogP contribution in [0.3, 0.4) is 0 Å². The number of nitrogens with zero attached hydrogens (tertiary/aromatic N) is 1. The van der Waals surface area contributed by atoms with Gasteiger partial charge in [-0.3, -0.25) is 4.79 Å². The predicted molar refractivity (Wildman–Crippen MR) is 115 cm³/mol. The van der Waals surface area contributed by atoms with Gasteiger partial charge in [-0.2, -0.15) is 0 Å². The van der Waals surface area contributed by atoms with Crippen LogP contribution in [-0.2, 0) is 4.74 Å². The molecule has 0 unspecified atom stereocenters. The number of amides is 1. The van der Waals surface area contributed by atoms with Gasteiger partial charge in [-0.25, -0.2) is 4.79 Å². The van der Waals surface area contributed by atoms with Crippen LogP contribution < -0.4 is 10.1 Å². The Morgan fingerprint density at radius 2 is 1.72 bits per heavy atom. The fourth-order valence-corrected chi connectivity index (χ4v) is 2.91. The number of hydrogen-bond acceptors (Lipinski definition) is 5. The summed E-state index contributed by atoms with van der Waals surface area (Å²) < 4.78 is 11.0. The molecule has 0 bridgehead atoms. The summed E-state index contributed by atoms with van der Waals surface area (Å²) in [5.41, 5.74) is 1.47. The summed E-state index contributed by atoms with van der Waals surface area (Å²) in [5.74, 6) is -0.249. The molecule has 0 aliphatic heterocycles. The Balaban J connectivity index is 2.01. The second-order valence-electron chi connectivity index (χ2n) is 6.48. The third kappa shape index (κ3) is 6.91. The van der Waals surface area contributed by atoms with E-state index in [-0.39, 0.29) is 5.91 Å². The van der Waals surface area contributed by atoms with Crippen molar-refractivity contribution >= 4 is 17.6 Å². The van der Waals surface area contributed by atoms with Gasteiger partial charge < -0.3 is 19.7 Å². The molecule has 0 atom stereocenters. The molecule has 2 aromatic carbocycles. The molecule has 0 fully saturated rings. The third-order valence-electron chi connectivity index (χ3n) is 4.54. The van der Waals surface area contributed by atoms with Crippen molar-refractivity contribution in [2.75, 3.05) is 38.2 Å². The van der Waals surface area contributed by atoms with Gasteiger partial charge in [0.25, 0.3) is 5.91 Å². The standard InChI is InChI=1S/C23H30N2O4/c1-4-25(5-2)15-10-16-29-23(27)20-14-13-19(17-21(20)28-6-3)24-22(26)18-11-8-7-9-12-18/h7-9,11-14,17H,4-6,10,15-16H2,1-3H3,(H,24,26). The molecule has 2 aromatic rings. The quantitative estimate of drug-likeness (QED) is 0.453. The van der Waals surface area contributed by atoms with Crippen molar-refractivity contribution in [1.29, 1.82) is 0 Å². The number of ether oxygens (including phenoxy) is 2. The Morgan fingerprint density at radius 3 is 2.38 bits per heavy atom. The maximum Gasteiger partial charge on any atom is 0.341 e. The van der Waals surface area contributed by atoms with Gasteiger partial charge in [0, 0.05) is 23.9 Å². The first-order chi connectivity index (χ1) is 14.1. The van der Waals surface area contributed by atoms with Gasteiger partial charge in [0.2, 0.25) is 0 Å². The van der Waals surface area contributed by atoms with Crippen molar-refractivity contribution in [2.45, 2.75) is 27.2 Å². The van der Waals surface area contributed by atoms with Gasteiger partial charge >= 0.3 is 5.97 Å². The van der Waals surface area contributed by atoms with E-state index in [1.54, 1.807) is 42.5 Å². The van der Waals surface area contributed by atoms with E-state index < -0.39 is 5.97 Å². The highest BCUT2D eigenvalue weighted by Crippen LogP contribution is 2.25. The van der Waals surface area contributed by atoms with Crippen molar-refractivity contribution in [1.82, 2.24) is 4.90 Å². The number of hydrogen-bond donors (Lipinski definition) is 1. The first-order valence-electron chi connectivity index (χ1n) is 10.1. The Labute approximate surface area is 172 Å². The molecule has 6 nitrogen and oxygen atoms in total. The van der Waals surface area contributed by atoms with E-state index in [0.717, 1.165) is 26.1 Å². The SMILES string of the molecule is CCOc1cc(NC(=O)c2ccccc2)ccc1C(=O)OCCCN(CC)CC. The molecule has 0 saturated heterocycles. The first kappa shape index (κ1) is 22.4. The predicted octanol–water partition coefficient (Wildman–Crippen LogP) is 4.23. The molecule has 1 N–H and O–H groups in total. The molecular weight excluding hydrogens is 368 g/mol. The van der Waals surface area contributed by atoms with Gasteiger partial charge in [0.15, 0.2) is 0 Å². The molecule has 6 heteroatoms. The molecule has 2 rings (SSSR count). The zero-order chi connectivity index (χ0) is 21.1. The van der Waals surface area contributed by atoms with Gasteiger partial charge in [-0.1, -0.05) is 32.0 Å². The normalized spacial score (nSPS) is 10.6. The highest BCUT2D eigenvalue weighted by Gasteiger charge is 2.16. The summed E-state index contributed by atoms with van der Waals surface area (Å²) in [4.78, 5) is 27.1. The largest absolute Gasteiger partial charge is 0.493 e. The highest BCUT2D eigenvalue weighted by molar-refractivity contribution is 6.04.